The summed E-state index contributed by atoms with van der Waals surface area (Å²) in [5.41, 5.74) is 4.16. The van der Waals surface area contributed by atoms with E-state index in [1.54, 1.807) is 0 Å². The number of hydrogen-bond donors (Lipinski definition) is 0. The summed E-state index contributed by atoms with van der Waals surface area (Å²) in [5.74, 6) is 1.67. The van der Waals surface area contributed by atoms with Gasteiger partial charge in [-0.2, -0.15) is 0 Å². The lowest BCUT2D eigenvalue weighted by Gasteiger charge is -2.20. The molecule has 0 aliphatic carbocycles. The average Bonchev–Trinajstić information content (AvgIpc) is 2.43. The smallest absolute Gasteiger partial charge is 0.122 e. The Balaban J connectivity index is 2.99. The molecule has 0 aromatic heterocycles. The van der Waals surface area contributed by atoms with Crippen molar-refractivity contribution in [3.05, 3.63) is 41.0 Å². The summed E-state index contributed by atoms with van der Waals surface area (Å²) >= 11 is 0. The molecule has 1 aromatic rings. The molecule has 19 heavy (non-hydrogen) atoms. The highest BCUT2D eigenvalue weighted by Crippen LogP contribution is 2.32. The molecule has 1 atom stereocenters. The summed E-state index contributed by atoms with van der Waals surface area (Å²) in [6.07, 6.45) is 7.77. The molecule has 0 aliphatic heterocycles. The zero-order chi connectivity index (χ0) is 14.3. The fourth-order valence-corrected chi connectivity index (χ4v) is 2.44. The normalized spacial score (nSPS) is 12.9. The molecule has 0 amide bonds. The molecule has 106 valence electrons. The van der Waals surface area contributed by atoms with E-state index < -0.39 is 0 Å². The Bertz CT molecular complexity index is 418. The van der Waals surface area contributed by atoms with Crippen molar-refractivity contribution in [2.75, 3.05) is 6.61 Å². The van der Waals surface area contributed by atoms with Crippen LogP contribution in [0.3, 0.4) is 0 Å². The zero-order valence-electron chi connectivity index (χ0n) is 13.1. The summed E-state index contributed by atoms with van der Waals surface area (Å²) in [6.45, 7) is 11.7. The Kier molecular flexibility index (Phi) is 6.69. The van der Waals surface area contributed by atoms with Crippen LogP contribution >= 0.6 is 0 Å². The first kappa shape index (κ1) is 15.8. The van der Waals surface area contributed by atoms with E-state index in [0.717, 1.165) is 25.2 Å². The lowest BCUT2D eigenvalue weighted by molar-refractivity contribution is 0.315. The molecule has 1 unspecified atom stereocenters. The Morgan fingerprint density at radius 2 is 1.89 bits per heavy atom. The molecule has 0 aliphatic rings. The molecular formula is C18H28O. The van der Waals surface area contributed by atoms with Gasteiger partial charge in [-0.1, -0.05) is 32.1 Å². The number of hydrogen-bond acceptors (Lipinski definition) is 1. The maximum absolute atomic E-state index is 5.80. The Morgan fingerprint density at radius 1 is 1.16 bits per heavy atom. The minimum atomic E-state index is 0.620. The third-order valence-corrected chi connectivity index (χ3v) is 3.83. The molecule has 1 nitrogen and oxygen atoms in total. The maximum Gasteiger partial charge on any atom is 0.122 e. The van der Waals surface area contributed by atoms with E-state index in [0.29, 0.717) is 5.92 Å². The van der Waals surface area contributed by atoms with E-state index in [2.05, 4.69) is 58.9 Å². The van der Waals surface area contributed by atoms with Gasteiger partial charge < -0.3 is 4.74 Å². The molecule has 0 N–H and O–H groups in total. The molecule has 0 fully saturated rings. The predicted molar refractivity (Wildman–Crippen MR) is 84.2 cm³/mol. The second-order valence-corrected chi connectivity index (χ2v) is 5.16. The monoisotopic (exact) mass is 260 g/mol. The van der Waals surface area contributed by atoms with Gasteiger partial charge in [0.15, 0.2) is 0 Å². The van der Waals surface area contributed by atoms with Gasteiger partial charge in [0.2, 0.25) is 0 Å². The van der Waals surface area contributed by atoms with Gasteiger partial charge in [0.05, 0.1) is 6.61 Å². The largest absolute Gasteiger partial charge is 0.493 e. The number of ether oxygens (including phenoxy) is 1. The zero-order valence-corrected chi connectivity index (χ0v) is 13.1. The lowest BCUT2D eigenvalue weighted by atomic mass is 9.88. The standard InChI is InChI=1S/C18H28O/c1-6-9-10-16(8-3)17-11-12-18(19-13-7-2)15(5)14(17)4/h6,9,11-12,16H,7-8,10,13H2,1-5H3/b9-6-. The van der Waals surface area contributed by atoms with Crippen molar-refractivity contribution >= 4 is 0 Å². The topological polar surface area (TPSA) is 9.23 Å². The first-order valence-electron chi connectivity index (χ1n) is 7.49. The van der Waals surface area contributed by atoms with Crippen LogP contribution in [0.2, 0.25) is 0 Å². The van der Waals surface area contributed by atoms with Crippen molar-refractivity contribution in [3.63, 3.8) is 0 Å². The van der Waals surface area contributed by atoms with Crippen molar-refractivity contribution < 1.29 is 4.74 Å². The summed E-state index contributed by atoms with van der Waals surface area (Å²) in [7, 11) is 0. The highest BCUT2D eigenvalue weighted by Gasteiger charge is 2.14. The Morgan fingerprint density at radius 3 is 2.47 bits per heavy atom. The highest BCUT2D eigenvalue weighted by molar-refractivity contribution is 5.45. The molecule has 0 bridgehead atoms. The third kappa shape index (κ3) is 4.12. The summed E-state index contributed by atoms with van der Waals surface area (Å²) in [4.78, 5) is 0. The molecule has 0 radical (unpaired) electrons. The minimum absolute atomic E-state index is 0.620. The van der Waals surface area contributed by atoms with E-state index in [9.17, 15) is 0 Å². The number of allylic oxidation sites excluding steroid dienone is 2. The van der Waals surface area contributed by atoms with E-state index >= 15 is 0 Å². The maximum atomic E-state index is 5.80. The second kappa shape index (κ2) is 8.04. The SMILES string of the molecule is C/C=C\CC(CC)c1ccc(OCCC)c(C)c1C. The summed E-state index contributed by atoms with van der Waals surface area (Å²) in [6, 6.07) is 4.40. The van der Waals surface area contributed by atoms with Crippen LogP contribution < -0.4 is 4.74 Å². The van der Waals surface area contributed by atoms with Gasteiger partial charge in [-0.05, 0) is 68.7 Å². The van der Waals surface area contributed by atoms with Crippen LogP contribution in [0.15, 0.2) is 24.3 Å². The number of benzene rings is 1. The van der Waals surface area contributed by atoms with Gasteiger partial charge in [-0.3, -0.25) is 0 Å². The van der Waals surface area contributed by atoms with E-state index in [1.807, 2.05) is 0 Å². The van der Waals surface area contributed by atoms with Crippen molar-refractivity contribution in [2.45, 2.75) is 59.8 Å². The molecular weight excluding hydrogens is 232 g/mol. The molecule has 1 aromatic carbocycles. The highest BCUT2D eigenvalue weighted by atomic mass is 16.5. The predicted octanol–water partition coefficient (Wildman–Crippen LogP) is 5.55. The lowest BCUT2D eigenvalue weighted by Crippen LogP contribution is -2.04. The van der Waals surface area contributed by atoms with Gasteiger partial charge in [0.25, 0.3) is 0 Å². The molecule has 1 heteroatoms. The van der Waals surface area contributed by atoms with Crippen LogP contribution in [-0.2, 0) is 0 Å². The van der Waals surface area contributed by atoms with Gasteiger partial charge in [0, 0.05) is 0 Å². The second-order valence-electron chi connectivity index (χ2n) is 5.16. The molecule has 0 heterocycles. The van der Waals surface area contributed by atoms with Crippen molar-refractivity contribution in [2.24, 2.45) is 0 Å². The molecule has 0 spiro atoms. The summed E-state index contributed by atoms with van der Waals surface area (Å²) in [5, 5.41) is 0. The summed E-state index contributed by atoms with van der Waals surface area (Å²) < 4.78 is 5.80. The third-order valence-electron chi connectivity index (χ3n) is 3.83. The van der Waals surface area contributed by atoms with Gasteiger partial charge in [-0.15, -0.1) is 0 Å². The van der Waals surface area contributed by atoms with Crippen LogP contribution in [0.4, 0.5) is 0 Å². The fraction of sp³-hybridized carbons (Fsp3) is 0.556. The van der Waals surface area contributed by atoms with Crippen LogP contribution in [0, 0.1) is 13.8 Å². The number of rotatable bonds is 7. The van der Waals surface area contributed by atoms with Gasteiger partial charge >= 0.3 is 0 Å². The van der Waals surface area contributed by atoms with E-state index in [4.69, 9.17) is 4.74 Å². The van der Waals surface area contributed by atoms with Crippen molar-refractivity contribution in [3.8, 4) is 5.75 Å². The average molecular weight is 260 g/mol. The van der Waals surface area contributed by atoms with Crippen molar-refractivity contribution in [1.29, 1.82) is 0 Å². The van der Waals surface area contributed by atoms with Gasteiger partial charge in [-0.25, -0.2) is 0 Å². The first-order valence-corrected chi connectivity index (χ1v) is 7.49. The van der Waals surface area contributed by atoms with Crippen LogP contribution in [0.1, 0.15) is 62.6 Å². The van der Waals surface area contributed by atoms with E-state index in [1.165, 1.54) is 23.1 Å². The molecule has 0 saturated carbocycles. The first-order chi connectivity index (χ1) is 9.15. The molecule has 1 rings (SSSR count). The van der Waals surface area contributed by atoms with Crippen LogP contribution in [0.5, 0.6) is 5.75 Å². The van der Waals surface area contributed by atoms with Gasteiger partial charge in [0.1, 0.15) is 5.75 Å². The van der Waals surface area contributed by atoms with Crippen molar-refractivity contribution in [1.82, 2.24) is 0 Å². The molecule has 0 saturated heterocycles. The van der Waals surface area contributed by atoms with Crippen LogP contribution in [0.25, 0.3) is 0 Å². The Hall–Kier alpha value is -1.24. The van der Waals surface area contributed by atoms with Crippen LogP contribution in [-0.4, -0.2) is 6.61 Å². The quantitative estimate of drug-likeness (QED) is 0.584. The fourth-order valence-electron chi connectivity index (χ4n) is 2.44. The Labute approximate surface area is 118 Å². The van der Waals surface area contributed by atoms with E-state index in [-0.39, 0.29) is 0 Å². The minimum Gasteiger partial charge on any atom is -0.493 e.